The first-order chi connectivity index (χ1) is 9.09. The van der Waals surface area contributed by atoms with Gasteiger partial charge >= 0.3 is 5.97 Å². The number of aromatic nitrogens is 1. The van der Waals surface area contributed by atoms with Gasteiger partial charge < -0.3 is 10.4 Å². The van der Waals surface area contributed by atoms with Gasteiger partial charge in [0.05, 0.1) is 16.3 Å². The molecule has 1 amide bonds. The highest BCUT2D eigenvalue weighted by atomic mass is 35.5. The summed E-state index contributed by atoms with van der Waals surface area (Å²) in [4.78, 5) is 26.8. The number of nitrogens with zero attached hydrogens (tertiary/aromatic N) is 1. The van der Waals surface area contributed by atoms with Gasteiger partial charge in [-0.05, 0) is 24.3 Å². The van der Waals surface area contributed by atoms with Crippen LogP contribution in [0.2, 0.25) is 5.02 Å². The van der Waals surface area contributed by atoms with E-state index in [-0.39, 0.29) is 16.3 Å². The van der Waals surface area contributed by atoms with Gasteiger partial charge in [0.1, 0.15) is 5.56 Å². The summed E-state index contributed by atoms with van der Waals surface area (Å²) in [7, 11) is 0. The van der Waals surface area contributed by atoms with Crippen LogP contribution >= 0.6 is 11.6 Å². The lowest BCUT2D eigenvalue weighted by Crippen LogP contribution is -2.15. The van der Waals surface area contributed by atoms with E-state index in [2.05, 4.69) is 10.3 Å². The zero-order valence-electron chi connectivity index (χ0n) is 9.63. The number of carbonyl (C=O) groups excluding carboxylic acids is 1. The van der Waals surface area contributed by atoms with E-state index in [1.54, 1.807) is 24.4 Å². The molecule has 2 N–H and O–H groups in total. The zero-order valence-corrected chi connectivity index (χ0v) is 10.4. The predicted octanol–water partition coefficient (Wildman–Crippen LogP) is 2.69. The molecule has 0 aliphatic heterocycles. The van der Waals surface area contributed by atoms with Crippen LogP contribution < -0.4 is 5.32 Å². The second-order valence-corrected chi connectivity index (χ2v) is 4.07. The average Bonchev–Trinajstić information content (AvgIpc) is 2.39. The number of anilines is 1. The first kappa shape index (κ1) is 13.0. The number of rotatable bonds is 3. The van der Waals surface area contributed by atoms with Crippen LogP contribution in [0.15, 0.2) is 42.7 Å². The number of amides is 1. The van der Waals surface area contributed by atoms with Crippen molar-refractivity contribution in [2.24, 2.45) is 0 Å². The molecule has 0 radical (unpaired) electrons. The highest BCUT2D eigenvalue weighted by Gasteiger charge is 2.16. The SMILES string of the molecule is O=C(Nc1cccc(Cl)c1C(=O)O)c1cccnc1. The van der Waals surface area contributed by atoms with Crippen molar-refractivity contribution in [2.45, 2.75) is 0 Å². The lowest BCUT2D eigenvalue weighted by molar-refractivity contribution is 0.0698. The van der Waals surface area contributed by atoms with Gasteiger partial charge in [-0.2, -0.15) is 0 Å². The normalized spacial score (nSPS) is 9.95. The molecule has 1 heterocycles. The number of nitrogens with one attached hydrogen (secondary N) is 1. The van der Waals surface area contributed by atoms with Crippen LogP contribution in [0.1, 0.15) is 20.7 Å². The summed E-state index contributed by atoms with van der Waals surface area (Å²) in [6, 6.07) is 7.68. The highest BCUT2D eigenvalue weighted by molar-refractivity contribution is 6.34. The summed E-state index contributed by atoms with van der Waals surface area (Å²) in [5, 5.41) is 11.7. The monoisotopic (exact) mass is 276 g/mol. The molecule has 5 nitrogen and oxygen atoms in total. The number of pyridine rings is 1. The number of carbonyl (C=O) groups is 2. The molecule has 0 aliphatic carbocycles. The van der Waals surface area contributed by atoms with Crippen molar-refractivity contribution in [3.05, 3.63) is 58.9 Å². The van der Waals surface area contributed by atoms with E-state index in [4.69, 9.17) is 16.7 Å². The van der Waals surface area contributed by atoms with Crippen molar-refractivity contribution in [3.8, 4) is 0 Å². The Labute approximate surface area is 113 Å². The predicted molar refractivity (Wildman–Crippen MR) is 70.6 cm³/mol. The molecule has 0 bridgehead atoms. The van der Waals surface area contributed by atoms with E-state index < -0.39 is 11.9 Å². The molecular weight excluding hydrogens is 268 g/mol. The molecule has 0 saturated carbocycles. The molecule has 1 aromatic carbocycles. The minimum absolute atomic E-state index is 0.0662. The lowest BCUT2D eigenvalue weighted by atomic mass is 10.1. The van der Waals surface area contributed by atoms with Crippen LogP contribution in [0, 0.1) is 0 Å². The van der Waals surface area contributed by atoms with Gasteiger partial charge in [0, 0.05) is 12.4 Å². The Kier molecular flexibility index (Phi) is 3.77. The number of halogens is 1. The Morgan fingerprint density at radius 3 is 2.63 bits per heavy atom. The zero-order chi connectivity index (χ0) is 13.8. The number of carboxylic acid groups (broad SMARTS) is 1. The molecule has 0 unspecified atom stereocenters. The van der Waals surface area contributed by atoms with Gasteiger partial charge in [0.2, 0.25) is 0 Å². The summed E-state index contributed by atoms with van der Waals surface area (Å²) in [5.41, 5.74) is 0.342. The summed E-state index contributed by atoms with van der Waals surface area (Å²) in [6.07, 6.45) is 2.93. The summed E-state index contributed by atoms with van der Waals surface area (Å²) < 4.78 is 0. The fourth-order valence-electron chi connectivity index (χ4n) is 1.54. The van der Waals surface area contributed by atoms with Crippen LogP contribution in [-0.4, -0.2) is 22.0 Å². The molecule has 0 fully saturated rings. The number of carboxylic acids is 1. The fourth-order valence-corrected chi connectivity index (χ4v) is 1.79. The molecule has 2 rings (SSSR count). The van der Waals surface area contributed by atoms with Gasteiger partial charge in [-0.1, -0.05) is 17.7 Å². The van der Waals surface area contributed by atoms with Gasteiger partial charge in [-0.25, -0.2) is 4.79 Å². The van der Waals surface area contributed by atoms with Crippen molar-refractivity contribution in [3.63, 3.8) is 0 Å². The molecule has 0 saturated heterocycles. The number of hydrogen-bond acceptors (Lipinski definition) is 3. The molecule has 1 aromatic heterocycles. The molecule has 19 heavy (non-hydrogen) atoms. The maximum absolute atomic E-state index is 11.9. The quantitative estimate of drug-likeness (QED) is 0.903. The summed E-state index contributed by atoms with van der Waals surface area (Å²) >= 11 is 5.81. The molecule has 96 valence electrons. The minimum atomic E-state index is -1.20. The van der Waals surface area contributed by atoms with Gasteiger partial charge in [0.25, 0.3) is 5.91 Å². The second kappa shape index (κ2) is 5.49. The van der Waals surface area contributed by atoms with Gasteiger partial charge in [-0.15, -0.1) is 0 Å². The smallest absolute Gasteiger partial charge is 0.339 e. The van der Waals surface area contributed by atoms with E-state index in [1.165, 1.54) is 18.3 Å². The van der Waals surface area contributed by atoms with Crippen LogP contribution in [-0.2, 0) is 0 Å². The molecular formula is C13H9ClN2O3. The molecule has 2 aromatic rings. The van der Waals surface area contributed by atoms with Gasteiger partial charge in [0.15, 0.2) is 0 Å². The first-order valence-corrected chi connectivity index (χ1v) is 5.70. The minimum Gasteiger partial charge on any atom is -0.478 e. The van der Waals surface area contributed by atoms with E-state index in [0.29, 0.717) is 5.56 Å². The van der Waals surface area contributed by atoms with Crippen molar-refractivity contribution in [1.29, 1.82) is 0 Å². The van der Waals surface area contributed by atoms with Crippen molar-refractivity contribution < 1.29 is 14.7 Å². The van der Waals surface area contributed by atoms with Crippen molar-refractivity contribution in [1.82, 2.24) is 4.98 Å². The maximum Gasteiger partial charge on any atom is 0.339 e. The fraction of sp³-hybridized carbons (Fsp3) is 0. The second-order valence-electron chi connectivity index (χ2n) is 3.66. The van der Waals surface area contributed by atoms with E-state index in [0.717, 1.165) is 0 Å². The first-order valence-electron chi connectivity index (χ1n) is 5.33. The summed E-state index contributed by atoms with van der Waals surface area (Å²) in [6.45, 7) is 0. The third-order valence-electron chi connectivity index (χ3n) is 2.40. The number of aromatic carboxylic acids is 1. The molecule has 6 heteroatoms. The average molecular weight is 277 g/mol. The standard InChI is InChI=1S/C13H9ClN2O3/c14-9-4-1-5-10(11(9)13(18)19)16-12(17)8-3-2-6-15-7-8/h1-7H,(H,16,17)(H,18,19). The van der Waals surface area contributed by atoms with Gasteiger partial charge in [-0.3, -0.25) is 9.78 Å². The van der Waals surface area contributed by atoms with E-state index in [1.807, 2.05) is 0 Å². The molecule has 0 spiro atoms. The Balaban J connectivity index is 2.32. The third kappa shape index (κ3) is 2.89. The Bertz CT molecular complexity index is 629. The number of hydrogen-bond donors (Lipinski definition) is 2. The maximum atomic E-state index is 11.9. The molecule has 0 atom stereocenters. The van der Waals surface area contributed by atoms with Crippen LogP contribution in [0.3, 0.4) is 0 Å². The third-order valence-corrected chi connectivity index (χ3v) is 2.71. The topological polar surface area (TPSA) is 79.3 Å². The Hall–Kier alpha value is -2.40. The van der Waals surface area contributed by atoms with E-state index >= 15 is 0 Å². The van der Waals surface area contributed by atoms with Crippen LogP contribution in [0.4, 0.5) is 5.69 Å². The Morgan fingerprint density at radius 2 is 2.00 bits per heavy atom. The van der Waals surface area contributed by atoms with Crippen LogP contribution in [0.25, 0.3) is 0 Å². The largest absolute Gasteiger partial charge is 0.478 e. The highest BCUT2D eigenvalue weighted by Crippen LogP contribution is 2.24. The van der Waals surface area contributed by atoms with Crippen LogP contribution in [0.5, 0.6) is 0 Å². The Morgan fingerprint density at radius 1 is 1.21 bits per heavy atom. The van der Waals surface area contributed by atoms with E-state index in [9.17, 15) is 9.59 Å². The van der Waals surface area contributed by atoms with Crippen molar-refractivity contribution >= 4 is 29.2 Å². The number of benzene rings is 1. The van der Waals surface area contributed by atoms with Crippen molar-refractivity contribution in [2.75, 3.05) is 5.32 Å². The lowest BCUT2D eigenvalue weighted by Gasteiger charge is -2.09. The summed E-state index contributed by atoms with van der Waals surface area (Å²) in [5.74, 6) is -1.65. The molecule has 0 aliphatic rings.